The average Bonchev–Trinajstić information content (AvgIpc) is 3.08. The lowest BCUT2D eigenvalue weighted by atomic mass is 10.2. The number of nitrogens with zero attached hydrogens (tertiary/aromatic N) is 4. The van der Waals surface area contributed by atoms with Gasteiger partial charge in [0, 0.05) is 17.1 Å². The smallest absolute Gasteiger partial charge is 0.143 e. The van der Waals surface area contributed by atoms with Crippen LogP contribution in [0.3, 0.4) is 0 Å². The fourth-order valence-corrected chi connectivity index (χ4v) is 3.35. The quantitative estimate of drug-likeness (QED) is 0.784. The molecule has 0 aliphatic carbocycles. The number of benzene rings is 1. The second-order valence-electron chi connectivity index (χ2n) is 4.32. The molecule has 3 rings (SSSR count). The van der Waals surface area contributed by atoms with Crippen molar-refractivity contribution >= 4 is 33.0 Å². The summed E-state index contributed by atoms with van der Waals surface area (Å²) in [5.41, 5.74) is 3.19. The lowest BCUT2D eigenvalue weighted by molar-refractivity contribution is 0.785. The first-order valence-electron chi connectivity index (χ1n) is 6.04. The fraction of sp³-hybridized carbons (Fsp3) is 0.154. The van der Waals surface area contributed by atoms with E-state index in [1.165, 1.54) is 4.88 Å². The molecule has 2 heterocycles. The lowest BCUT2D eigenvalue weighted by Crippen LogP contribution is -2.01. The fourth-order valence-electron chi connectivity index (χ4n) is 1.93. The Kier molecular flexibility index (Phi) is 3.79. The highest BCUT2D eigenvalue weighted by Crippen LogP contribution is 2.24. The molecule has 1 N–H and O–H groups in total. The van der Waals surface area contributed by atoms with E-state index >= 15 is 0 Å². The van der Waals surface area contributed by atoms with Gasteiger partial charge in [-0.2, -0.15) is 0 Å². The Morgan fingerprint density at radius 3 is 2.85 bits per heavy atom. The van der Waals surface area contributed by atoms with Crippen LogP contribution in [-0.4, -0.2) is 20.2 Å². The van der Waals surface area contributed by atoms with E-state index in [0.29, 0.717) is 0 Å². The van der Waals surface area contributed by atoms with E-state index in [9.17, 15) is 0 Å². The molecule has 20 heavy (non-hydrogen) atoms. The normalized spacial score (nSPS) is 10.7. The predicted octanol–water partition coefficient (Wildman–Crippen LogP) is 3.41. The third kappa shape index (κ3) is 2.88. The third-order valence-electron chi connectivity index (χ3n) is 2.89. The van der Waals surface area contributed by atoms with Gasteiger partial charge in [-0.1, -0.05) is 0 Å². The minimum absolute atomic E-state index is 0.819. The van der Waals surface area contributed by atoms with Gasteiger partial charge in [0.05, 0.1) is 9.47 Å². The molecule has 0 unspecified atom stereocenters. The molecule has 0 atom stereocenters. The van der Waals surface area contributed by atoms with Crippen LogP contribution < -0.4 is 5.32 Å². The largest absolute Gasteiger partial charge is 0.380 e. The summed E-state index contributed by atoms with van der Waals surface area (Å²) < 4.78 is 2.81. The van der Waals surface area contributed by atoms with Crippen LogP contribution in [0.4, 0.5) is 5.69 Å². The number of nitrogens with one attached hydrogen (secondary N) is 1. The van der Waals surface area contributed by atoms with Gasteiger partial charge in [0.15, 0.2) is 0 Å². The average molecular weight is 350 g/mol. The molecule has 102 valence electrons. The number of tetrazole rings is 1. The van der Waals surface area contributed by atoms with Crippen LogP contribution >= 0.6 is 27.3 Å². The summed E-state index contributed by atoms with van der Waals surface area (Å²) in [6.45, 7) is 2.86. The van der Waals surface area contributed by atoms with Crippen molar-refractivity contribution in [1.82, 2.24) is 20.2 Å². The van der Waals surface area contributed by atoms with Crippen molar-refractivity contribution in [3.05, 3.63) is 50.9 Å². The minimum atomic E-state index is 0.819. The lowest BCUT2D eigenvalue weighted by Gasteiger charge is -2.09. The number of hydrogen-bond donors (Lipinski definition) is 1. The highest BCUT2D eigenvalue weighted by molar-refractivity contribution is 9.11. The number of hydrogen-bond acceptors (Lipinski definition) is 5. The SMILES string of the molecule is Cc1cc(NCc2ccc(Br)s2)ccc1-n1cnnn1. The highest BCUT2D eigenvalue weighted by atomic mass is 79.9. The number of anilines is 1. The second kappa shape index (κ2) is 5.72. The standard InChI is InChI=1S/C13H12BrN5S/c1-9-6-10(15-7-11-3-5-13(14)20-11)2-4-12(9)19-8-16-17-18-19/h2-6,8,15H,7H2,1H3. The van der Waals surface area contributed by atoms with Crippen LogP contribution in [0.15, 0.2) is 40.4 Å². The third-order valence-corrected chi connectivity index (χ3v) is 4.51. The molecule has 0 aliphatic rings. The van der Waals surface area contributed by atoms with Crippen LogP contribution in [-0.2, 0) is 6.54 Å². The molecule has 0 bridgehead atoms. The zero-order valence-electron chi connectivity index (χ0n) is 10.7. The molecule has 2 aromatic heterocycles. The van der Waals surface area contributed by atoms with Crippen molar-refractivity contribution in [3.63, 3.8) is 0 Å². The van der Waals surface area contributed by atoms with Gasteiger partial charge in [0.25, 0.3) is 0 Å². The van der Waals surface area contributed by atoms with Crippen molar-refractivity contribution in [2.75, 3.05) is 5.32 Å². The number of thiophene rings is 1. The summed E-state index contributed by atoms with van der Waals surface area (Å²) in [6, 6.07) is 10.3. The highest BCUT2D eigenvalue weighted by Gasteiger charge is 2.04. The molecule has 0 amide bonds. The number of aryl methyl sites for hydroxylation is 1. The van der Waals surface area contributed by atoms with Crippen molar-refractivity contribution in [2.24, 2.45) is 0 Å². The summed E-state index contributed by atoms with van der Waals surface area (Å²) in [7, 11) is 0. The van der Waals surface area contributed by atoms with Gasteiger partial charge < -0.3 is 5.32 Å². The Balaban J connectivity index is 1.74. The number of aromatic nitrogens is 4. The van der Waals surface area contributed by atoms with Crippen LogP contribution in [0, 0.1) is 6.92 Å². The summed E-state index contributed by atoms with van der Waals surface area (Å²) in [6.07, 6.45) is 1.60. The molecular formula is C13H12BrN5S. The van der Waals surface area contributed by atoms with Gasteiger partial charge in [-0.3, -0.25) is 0 Å². The van der Waals surface area contributed by atoms with Gasteiger partial charge in [-0.05, 0) is 69.2 Å². The monoisotopic (exact) mass is 349 g/mol. The van der Waals surface area contributed by atoms with Crippen molar-refractivity contribution in [1.29, 1.82) is 0 Å². The Morgan fingerprint density at radius 1 is 1.30 bits per heavy atom. The Hall–Kier alpha value is -1.73. The van der Waals surface area contributed by atoms with Crippen LogP contribution in [0.5, 0.6) is 0 Å². The first kappa shape index (κ1) is 13.3. The van der Waals surface area contributed by atoms with E-state index in [1.54, 1.807) is 22.3 Å². The van der Waals surface area contributed by atoms with Gasteiger partial charge in [-0.15, -0.1) is 16.4 Å². The van der Waals surface area contributed by atoms with Crippen molar-refractivity contribution in [3.8, 4) is 5.69 Å². The first-order chi connectivity index (χ1) is 9.72. The zero-order chi connectivity index (χ0) is 13.9. The van der Waals surface area contributed by atoms with E-state index in [2.05, 4.69) is 55.0 Å². The molecule has 7 heteroatoms. The predicted molar refractivity (Wildman–Crippen MR) is 83.2 cm³/mol. The maximum atomic E-state index is 3.90. The van der Waals surface area contributed by atoms with Gasteiger partial charge >= 0.3 is 0 Å². The first-order valence-corrected chi connectivity index (χ1v) is 7.65. The van der Waals surface area contributed by atoms with E-state index in [4.69, 9.17) is 0 Å². The minimum Gasteiger partial charge on any atom is -0.380 e. The topological polar surface area (TPSA) is 55.6 Å². The van der Waals surface area contributed by atoms with E-state index < -0.39 is 0 Å². The van der Waals surface area contributed by atoms with E-state index in [-0.39, 0.29) is 0 Å². The molecule has 5 nitrogen and oxygen atoms in total. The maximum Gasteiger partial charge on any atom is 0.143 e. The second-order valence-corrected chi connectivity index (χ2v) is 6.86. The van der Waals surface area contributed by atoms with Gasteiger partial charge in [0.1, 0.15) is 6.33 Å². The summed E-state index contributed by atoms with van der Waals surface area (Å²) in [5, 5.41) is 14.6. The maximum absolute atomic E-state index is 3.90. The molecule has 0 radical (unpaired) electrons. The van der Waals surface area contributed by atoms with E-state index in [1.807, 2.05) is 19.1 Å². The molecule has 0 fully saturated rings. The molecule has 0 spiro atoms. The molecule has 3 aromatic rings. The van der Waals surface area contributed by atoms with E-state index in [0.717, 1.165) is 27.3 Å². The molecule has 0 aliphatic heterocycles. The number of rotatable bonds is 4. The van der Waals surface area contributed by atoms with Gasteiger partial charge in [-0.25, -0.2) is 4.68 Å². The van der Waals surface area contributed by atoms with Crippen LogP contribution in [0.25, 0.3) is 5.69 Å². The van der Waals surface area contributed by atoms with Crippen LogP contribution in [0.1, 0.15) is 10.4 Å². The molecule has 0 saturated heterocycles. The zero-order valence-corrected chi connectivity index (χ0v) is 13.1. The summed E-state index contributed by atoms with van der Waals surface area (Å²) in [5.74, 6) is 0. The summed E-state index contributed by atoms with van der Waals surface area (Å²) >= 11 is 5.21. The molecule has 1 aromatic carbocycles. The Morgan fingerprint density at radius 2 is 2.20 bits per heavy atom. The Bertz CT molecular complexity index is 707. The van der Waals surface area contributed by atoms with Crippen molar-refractivity contribution < 1.29 is 0 Å². The van der Waals surface area contributed by atoms with Crippen LogP contribution in [0.2, 0.25) is 0 Å². The molecular weight excluding hydrogens is 338 g/mol. The number of halogens is 1. The Labute approximate surface area is 128 Å². The van der Waals surface area contributed by atoms with Gasteiger partial charge in [0.2, 0.25) is 0 Å². The molecule has 0 saturated carbocycles. The van der Waals surface area contributed by atoms with Crippen molar-refractivity contribution in [2.45, 2.75) is 13.5 Å². The summed E-state index contributed by atoms with van der Waals surface area (Å²) in [4.78, 5) is 1.29.